The summed E-state index contributed by atoms with van der Waals surface area (Å²) in [6.07, 6.45) is 4.16. The largest absolute Gasteiger partial charge is 0.337 e. The summed E-state index contributed by atoms with van der Waals surface area (Å²) in [5.41, 5.74) is 1.73. The van der Waals surface area contributed by atoms with Gasteiger partial charge in [0.05, 0.1) is 5.01 Å². The van der Waals surface area contributed by atoms with Gasteiger partial charge < -0.3 is 4.90 Å². The number of carbonyl (C=O) groups excluding carboxylic acids is 1. The van der Waals surface area contributed by atoms with E-state index in [4.69, 9.17) is 0 Å². The number of likely N-dealkylation sites (tertiary alicyclic amines) is 1. The van der Waals surface area contributed by atoms with Crippen molar-refractivity contribution < 1.29 is 9.18 Å². The molecule has 1 fully saturated rings. The Morgan fingerprint density at radius 1 is 1.39 bits per heavy atom. The van der Waals surface area contributed by atoms with E-state index >= 15 is 0 Å². The summed E-state index contributed by atoms with van der Waals surface area (Å²) in [6, 6.07) is 6.71. The second-order valence-electron chi connectivity index (χ2n) is 6.18. The molecule has 0 N–H and O–H groups in total. The predicted octanol–water partition coefficient (Wildman–Crippen LogP) is 4.08. The van der Waals surface area contributed by atoms with Gasteiger partial charge in [0.1, 0.15) is 11.5 Å². The monoisotopic (exact) mass is 332 g/mol. The molecule has 1 aliphatic heterocycles. The Balaban J connectivity index is 1.55. The van der Waals surface area contributed by atoms with E-state index in [1.165, 1.54) is 23.5 Å². The summed E-state index contributed by atoms with van der Waals surface area (Å²) in [7, 11) is 0. The molecular weight excluding hydrogens is 311 g/mol. The Hall–Kier alpha value is -1.75. The second kappa shape index (κ2) is 7.21. The summed E-state index contributed by atoms with van der Waals surface area (Å²) in [5, 5.41) is 2.78. The maximum atomic E-state index is 12.9. The molecule has 1 saturated heterocycles. The van der Waals surface area contributed by atoms with Crippen LogP contribution in [0.5, 0.6) is 0 Å². The molecule has 23 heavy (non-hydrogen) atoms. The van der Waals surface area contributed by atoms with E-state index in [2.05, 4.69) is 4.98 Å². The van der Waals surface area contributed by atoms with Gasteiger partial charge in [-0.2, -0.15) is 0 Å². The van der Waals surface area contributed by atoms with Gasteiger partial charge in [-0.15, -0.1) is 11.3 Å². The number of hydrogen-bond acceptors (Lipinski definition) is 3. The van der Waals surface area contributed by atoms with Gasteiger partial charge in [-0.05, 0) is 56.2 Å². The number of aryl methyl sites for hydroxylation is 2. The van der Waals surface area contributed by atoms with Crippen molar-refractivity contribution in [2.45, 2.75) is 32.6 Å². The third kappa shape index (κ3) is 4.16. The van der Waals surface area contributed by atoms with Gasteiger partial charge in [-0.25, -0.2) is 9.37 Å². The van der Waals surface area contributed by atoms with E-state index in [1.807, 2.05) is 29.3 Å². The van der Waals surface area contributed by atoms with Crippen molar-refractivity contribution in [3.05, 3.63) is 51.7 Å². The molecule has 5 heteroatoms. The fourth-order valence-electron chi connectivity index (χ4n) is 3.13. The summed E-state index contributed by atoms with van der Waals surface area (Å²) < 4.78 is 12.9. The lowest BCUT2D eigenvalue weighted by Crippen LogP contribution is -2.40. The molecule has 2 aromatic rings. The zero-order valence-electron chi connectivity index (χ0n) is 13.3. The van der Waals surface area contributed by atoms with Gasteiger partial charge in [0.25, 0.3) is 5.91 Å². The van der Waals surface area contributed by atoms with Crippen LogP contribution in [-0.2, 0) is 6.42 Å². The molecule has 0 radical (unpaired) electrons. The minimum absolute atomic E-state index is 0.0563. The van der Waals surface area contributed by atoms with Crippen LogP contribution in [0, 0.1) is 18.7 Å². The highest BCUT2D eigenvalue weighted by atomic mass is 32.1. The first-order chi connectivity index (χ1) is 11.1. The van der Waals surface area contributed by atoms with Gasteiger partial charge in [0, 0.05) is 18.5 Å². The average Bonchev–Trinajstić information content (AvgIpc) is 3.00. The van der Waals surface area contributed by atoms with Gasteiger partial charge in [-0.3, -0.25) is 4.79 Å². The van der Waals surface area contributed by atoms with Crippen LogP contribution in [0.25, 0.3) is 0 Å². The predicted molar refractivity (Wildman–Crippen MR) is 90.2 cm³/mol. The zero-order valence-corrected chi connectivity index (χ0v) is 14.1. The maximum absolute atomic E-state index is 12.9. The minimum Gasteiger partial charge on any atom is -0.337 e. The van der Waals surface area contributed by atoms with E-state index in [1.54, 1.807) is 0 Å². The highest BCUT2D eigenvalue weighted by molar-refractivity contribution is 7.09. The zero-order chi connectivity index (χ0) is 16.2. The highest BCUT2D eigenvalue weighted by Gasteiger charge is 2.25. The number of thiazole rings is 1. The Labute approximate surface area is 140 Å². The fourth-order valence-corrected chi connectivity index (χ4v) is 3.72. The molecule has 0 bridgehead atoms. The van der Waals surface area contributed by atoms with Crippen molar-refractivity contribution in [1.82, 2.24) is 9.88 Å². The smallest absolute Gasteiger partial charge is 0.273 e. The molecule has 2 heterocycles. The Bertz CT molecular complexity index is 668. The van der Waals surface area contributed by atoms with E-state index in [0.717, 1.165) is 49.3 Å². The van der Waals surface area contributed by atoms with Crippen molar-refractivity contribution in [1.29, 1.82) is 0 Å². The number of rotatable bonds is 4. The van der Waals surface area contributed by atoms with E-state index in [9.17, 15) is 9.18 Å². The van der Waals surface area contributed by atoms with Crippen LogP contribution in [0.3, 0.4) is 0 Å². The van der Waals surface area contributed by atoms with Crippen molar-refractivity contribution in [3.8, 4) is 0 Å². The lowest BCUT2D eigenvalue weighted by atomic mass is 9.91. The van der Waals surface area contributed by atoms with Crippen molar-refractivity contribution in [2.24, 2.45) is 5.92 Å². The number of halogens is 1. The van der Waals surface area contributed by atoms with Crippen molar-refractivity contribution in [2.75, 3.05) is 13.1 Å². The third-order valence-corrected chi connectivity index (χ3v) is 5.17. The first-order valence-electron chi connectivity index (χ1n) is 8.07. The van der Waals surface area contributed by atoms with Crippen LogP contribution in [0.4, 0.5) is 4.39 Å². The van der Waals surface area contributed by atoms with Crippen LogP contribution in [0.15, 0.2) is 29.6 Å². The molecular formula is C18H21FN2OS. The number of benzene rings is 1. The molecule has 0 aliphatic carbocycles. The molecule has 3 nitrogen and oxygen atoms in total. The summed E-state index contributed by atoms with van der Waals surface area (Å²) >= 11 is 1.52. The van der Waals surface area contributed by atoms with Crippen LogP contribution < -0.4 is 0 Å². The number of piperidine rings is 1. The van der Waals surface area contributed by atoms with E-state index in [-0.39, 0.29) is 11.7 Å². The van der Waals surface area contributed by atoms with Crippen LogP contribution >= 0.6 is 11.3 Å². The summed E-state index contributed by atoms with van der Waals surface area (Å²) in [5.74, 6) is 0.375. The van der Waals surface area contributed by atoms with Gasteiger partial charge in [0.2, 0.25) is 0 Å². The SMILES string of the molecule is Cc1nc(C(=O)N2CCCC(CCc3ccc(F)cc3)C2)cs1. The fraction of sp³-hybridized carbons (Fsp3) is 0.444. The first-order valence-corrected chi connectivity index (χ1v) is 8.95. The number of aromatic nitrogens is 1. The molecule has 3 rings (SSSR count). The summed E-state index contributed by atoms with van der Waals surface area (Å²) in [6.45, 7) is 3.54. The van der Waals surface area contributed by atoms with Crippen LogP contribution in [0.1, 0.15) is 40.3 Å². The van der Waals surface area contributed by atoms with Crippen molar-refractivity contribution in [3.63, 3.8) is 0 Å². The topological polar surface area (TPSA) is 33.2 Å². The number of nitrogens with zero attached hydrogens (tertiary/aromatic N) is 2. The van der Waals surface area contributed by atoms with Gasteiger partial charge in [0.15, 0.2) is 0 Å². The number of carbonyl (C=O) groups is 1. The Kier molecular flexibility index (Phi) is 5.06. The lowest BCUT2D eigenvalue weighted by molar-refractivity contribution is 0.0663. The van der Waals surface area contributed by atoms with E-state index < -0.39 is 0 Å². The molecule has 122 valence electrons. The van der Waals surface area contributed by atoms with Crippen LogP contribution in [0.2, 0.25) is 0 Å². The third-order valence-electron chi connectivity index (χ3n) is 4.40. The number of hydrogen-bond donors (Lipinski definition) is 0. The maximum Gasteiger partial charge on any atom is 0.273 e. The molecule has 1 aromatic carbocycles. The van der Waals surface area contributed by atoms with Crippen LogP contribution in [-0.4, -0.2) is 28.9 Å². The Morgan fingerprint density at radius 3 is 2.87 bits per heavy atom. The van der Waals surface area contributed by atoms with Gasteiger partial charge >= 0.3 is 0 Å². The average molecular weight is 332 g/mol. The van der Waals surface area contributed by atoms with Gasteiger partial charge in [-0.1, -0.05) is 12.1 Å². The summed E-state index contributed by atoms with van der Waals surface area (Å²) in [4.78, 5) is 18.7. The standard InChI is InChI=1S/C18H21FN2OS/c1-13-20-17(12-23-13)18(22)21-10-2-3-15(11-21)5-4-14-6-8-16(19)9-7-14/h6-9,12,15H,2-5,10-11H2,1H3. The number of amides is 1. The normalized spacial score (nSPS) is 18.2. The second-order valence-corrected chi connectivity index (χ2v) is 7.24. The minimum atomic E-state index is -0.193. The Morgan fingerprint density at radius 2 is 2.17 bits per heavy atom. The quantitative estimate of drug-likeness (QED) is 0.845. The molecule has 1 amide bonds. The highest BCUT2D eigenvalue weighted by Crippen LogP contribution is 2.23. The van der Waals surface area contributed by atoms with E-state index in [0.29, 0.717) is 11.6 Å². The lowest BCUT2D eigenvalue weighted by Gasteiger charge is -2.32. The molecule has 0 spiro atoms. The molecule has 1 atom stereocenters. The van der Waals surface area contributed by atoms with Crippen molar-refractivity contribution >= 4 is 17.2 Å². The first kappa shape index (κ1) is 16.1. The molecule has 1 unspecified atom stereocenters. The molecule has 1 aromatic heterocycles. The molecule has 0 saturated carbocycles. The molecule has 1 aliphatic rings.